The first-order valence-corrected chi connectivity index (χ1v) is 11.2. The summed E-state index contributed by atoms with van der Waals surface area (Å²) in [5.74, 6) is -1.34. The van der Waals surface area contributed by atoms with Crippen molar-refractivity contribution >= 4 is 23.7 Å². The Hall–Kier alpha value is -4.46. The summed E-state index contributed by atoms with van der Waals surface area (Å²) in [6.45, 7) is 1.79. The summed E-state index contributed by atoms with van der Waals surface area (Å²) in [6.07, 6.45) is 2.33. The highest BCUT2D eigenvalue weighted by atomic mass is 16.5. The Balaban J connectivity index is 1.28. The maximum atomic E-state index is 12.4. The predicted molar refractivity (Wildman–Crippen MR) is 131 cm³/mol. The van der Waals surface area contributed by atoms with Crippen LogP contribution in [0.3, 0.4) is 0 Å². The van der Waals surface area contributed by atoms with Crippen molar-refractivity contribution in [3.8, 4) is 11.1 Å². The molecule has 0 radical (unpaired) electrons. The number of benzene rings is 2. The number of carboxylic acid groups (broad SMARTS) is 1. The summed E-state index contributed by atoms with van der Waals surface area (Å²) in [4.78, 5) is 39.4. The summed E-state index contributed by atoms with van der Waals surface area (Å²) >= 11 is 0. The van der Waals surface area contributed by atoms with E-state index < -0.39 is 12.1 Å². The van der Waals surface area contributed by atoms with Crippen LogP contribution in [0.5, 0.6) is 0 Å². The second kappa shape index (κ2) is 10.6. The predicted octanol–water partition coefficient (Wildman–Crippen LogP) is 4.13. The van der Waals surface area contributed by atoms with Crippen molar-refractivity contribution in [3.05, 3.63) is 95.3 Å². The Morgan fingerprint density at radius 3 is 2.26 bits per heavy atom. The molecule has 3 N–H and O–H groups in total. The average Bonchev–Trinajstić information content (AvgIpc) is 3.17. The fraction of sp³-hybridized carbons (Fsp3) is 0.185. The van der Waals surface area contributed by atoms with Crippen LogP contribution in [0.15, 0.2) is 78.5 Å². The largest absolute Gasteiger partial charge is 0.478 e. The van der Waals surface area contributed by atoms with Gasteiger partial charge in [-0.15, -0.1) is 0 Å². The molecule has 0 atom stereocenters. The van der Waals surface area contributed by atoms with Gasteiger partial charge in [0.15, 0.2) is 0 Å². The molecule has 8 nitrogen and oxygen atoms in total. The number of ether oxygens (including phenoxy) is 1. The Bertz CT molecular complexity index is 1240. The number of carbonyl (C=O) groups excluding carboxylic acids is 2. The fourth-order valence-corrected chi connectivity index (χ4v) is 3.99. The van der Waals surface area contributed by atoms with Gasteiger partial charge in [0.05, 0.1) is 18.3 Å². The number of pyridine rings is 1. The molecule has 0 fully saturated rings. The number of carbonyl (C=O) groups is 3. The minimum absolute atomic E-state index is 0.0266. The number of rotatable bonds is 8. The SMILES string of the molecule is C/C(=C\CNC(=O)Cc1ccc(NC(=O)OCC2c3ccccc3-c3ccccc32)cn1)C(=O)O. The second-order valence-corrected chi connectivity index (χ2v) is 8.16. The molecule has 0 unspecified atom stereocenters. The van der Waals surface area contributed by atoms with Crippen LogP contribution in [0.4, 0.5) is 10.5 Å². The van der Waals surface area contributed by atoms with E-state index in [0.29, 0.717) is 11.4 Å². The number of nitrogens with one attached hydrogen (secondary N) is 2. The summed E-state index contributed by atoms with van der Waals surface area (Å²) in [5.41, 5.74) is 5.72. The smallest absolute Gasteiger partial charge is 0.411 e. The number of carboxylic acids is 1. The van der Waals surface area contributed by atoms with Crippen molar-refractivity contribution in [2.45, 2.75) is 19.3 Å². The molecule has 4 rings (SSSR count). The molecule has 1 aromatic heterocycles. The van der Waals surface area contributed by atoms with E-state index in [4.69, 9.17) is 9.84 Å². The fourth-order valence-electron chi connectivity index (χ4n) is 3.99. The number of aromatic nitrogens is 1. The molecule has 35 heavy (non-hydrogen) atoms. The van der Waals surface area contributed by atoms with Gasteiger partial charge in [-0.25, -0.2) is 9.59 Å². The highest BCUT2D eigenvalue weighted by Crippen LogP contribution is 2.44. The van der Waals surface area contributed by atoms with Gasteiger partial charge in [0.2, 0.25) is 5.91 Å². The lowest BCUT2D eigenvalue weighted by molar-refractivity contribution is -0.132. The molecular formula is C27H25N3O5. The van der Waals surface area contributed by atoms with Crippen molar-refractivity contribution in [1.82, 2.24) is 10.3 Å². The zero-order valence-electron chi connectivity index (χ0n) is 19.2. The van der Waals surface area contributed by atoms with E-state index in [1.165, 1.54) is 19.2 Å². The number of hydrogen-bond donors (Lipinski definition) is 3. The maximum Gasteiger partial charge on any atom is 0.411 e. The van der Waals surface area contributed by atoms with Gasteiger partial charge in [-0.2, -0.15) is 0 Å². The first kappa shape index (κ1) is 23.7. The molecule has 0 bridgehead atoms. The lowest BCUT2D eigenvalue weighted by atomic mass is 9.98. The van der Waals surface area contributed by atoms with Crippen molar-refractivity contribution in [2.75, 3.05) is 18.5 Å². The van der Waals surface area contributed by atoms with Gasteiger partial charge in [0.1, 0.15) is 6.61 Å². The molecule has 2 amide bonds. The zero-order chi connectivity index (χ0) is 24.8. The van der Waals surface area contributed by atoms with Crippen LogP contribution in [0, 0.1) is 0 Å². The van der Waals surface area contributed by atoms with E-state index >= 15 is 0 Å². The molecular weight excluding hydrogens is 446 g/mol. The van der Waals surface area contributed by atoms with Gasteiger partial charge >= 0.3 is 12.1 Å². The number of fused-ring (bicyclic) bond motifs is 3. The minimum atomic E-state index is -1.03. The number of anilines is 1. The lowest BCUT2D eigenvalue weighted by Gasteiger charge is -2.14. The molecule has 0 saturated carbocycles. The van der Waals surface area contributed by atoms with E-state index in [1.807, 2.05) is 24.3 Å². The van der Waals surface area contributed by atoms with Crippen LogP contribution >= 0.6 is 0 Å². The van der Waals surface area contributed by atoms with E-state index in [-0.39, 0.29) is 37.0 Å². The Labute approximate surface area is 202 Å². The van der Waals surface area contributed by atoms with E-state index in [2.05, 4.69) is 39.9 Å². The van der Waals surface area contributed by atoms with Gasteiger partial charge in [0.25, 0.3) is 0 Å². The summed E-state index contributed by atoms with van der Waals surface area (Å²) in [7, 11) is 0. The number of aliphatic carboxylic acids is 1. The lowest BCUT2D eigenvalue weighted by Crippen LogP contribution is -2.26. The highest BCUT2D eigenvalue weighted by Gasteiger charge is 2.29. The van der Waals surface area contributed by atoms with Gasteiger partial charge in [-0.05, 0) is 41.3 Å². The monoisotopic (exact) mass is 471 g/mol. The third kappa shape index (κ3) is 5.73. The molecule has 0 aliphatic heterocycles. The van der Waals surface area contributed by atoms with Gasteiger partial charge in [0, 0.05) is 23.7 Å². The molecule has 178 valence electrons. The Kier molecular flexibility index (Phi) is 7.21. The standard InChI is InChI=1S/C27H25N3O5/c1-17(26(32)33)12-13-28-25(31)14-18-10-11-19(15-29-18)30-27(34)35-16-24-22-8-4-2-6-20(22)21-7-3-5-9-23(21)24/h2-12,15,24H,13-14,16H2,1H3,(H,28,31)(H,30,34)(H,32,33)/b17-12+. The zero-order valence-corrected chi connectivity index (χ0v) is 19.2. The highest BCUT2D eigenvalue weighted by molar-refractivity contribution is 5.86. The molecule has 1 aliphatic rings. The van der Waals surface area contributed by atoms with E-state index in [9.17, 15) is 14.4 Å². The van der Waals surface area contributed by atoms with Crippen LogP contribution in [-0.2, 0) is 20.7 Å². The second-order valence-electron chi connectivity index (χ2n) is 8.16. The first-order valence-electron chi connectivity index (χ1n) is 11.2. The summed E-state index contributed by atoms with van der Waals surface area (Å²) in [5, 5.41) is 14.1. The number of hydrogen-bond acceptors (Lipinski definition) is 5. The van der Waals surface area contributed by atoms with Crippen molar-refractivity contribution < 1.29 is 24.2 Å². The molecule has 1 heterocycles. The van der Waals surface area contributed by atoms with Crippen LogP contribution < -0.4 is 10.6 Å². The maximum absolute atomic E-state index is 12.4. The summed E-state index contributed by atoms with van der Waals surface area (Å²) < 4.78 is 5.53. The van der Waals surface area contributed by atoms with Gasteiger partial charge in [-0.3, -0.25) is 15.1 Å². The number of amides is 2. The van der Waals surface area contributed by atoms with Crippen molar-refractivity contribution in [1.29, 1.82) is 0 Å². The minimum Gasteiger partial charge on any atom is -0.478 e. The van der Waals surface area contributed by atoms with E-state index in [1.54, 1.807) is 12.1 Å². The quantitative estimate of drug-likeness (QED) is 0.425. The Morgan fingerprint density at radius 1 is 1.00 bits per heavy atom. The summed E-state index contributed by atoms with van der Waals surface area (Å²) in [6, 6.07) is 19.5. The van der Waals surface area contributed by atoms with Crippen LogP contribution in [0.25, 0.3) is 11.1 Å². The van der Waals surface area contributed by atoms with Gasteiger partial charge < -0.3 is 15.2 Å². The molecule has 3 aromatic rings. The molecule has 8 heteroatoms. The number of nitrogens with zero attached hydrogens (tertiary/aromatic N) is 1. The van der Waals surface area contributed by atoms with Crippen molar-refractivity contribution in [3.63, 3.8) is 0 Å². The molecule has 2 aromatic carbocycles. The van der Waals surface area contributed by atoms with E-state index in [0.717, 1.165) is 22.3 Å². The third-order valence-electron chi connectivity index (χ3n) is 5.80. The first-order chi connectivity index (χ1) is 16.9. The Morgan fingerprint density at radius 2 is 1.66 bits per heavy atom. The van der Waals surface area contributed by atoms with Crippen molar-refractivity contribution in [2.24, 2.45) is 0 Å². The topological polar surface area (TPSA) is 118 Å². The van der Waals surface area contributed by atoms with Gasteiger partial charge in [-0.1, -0.05) is 54.6 Å². The normalized spacial score (nSPS) is 12.4. The molecule has 0 saturated heterocycles. The van der Waals surface area contributed by atoms with Crippen LogP contribution in [-0.4, -0.2) is 41.2 Å². The molecule has 0 spiro atoms. The third-order valence-corrected chi connectivity index (χ3v) is 5.80. The van der Waals surface area contributed by atoms with Crippen LogP contribution in [0.2, 0.25) is 0 Å². The van der Waals surface area contributed by atoms with Crippen LogP contribution in [0.1, 0.15) is 29.7 Å². The molecule has 1 aliphatic carbocycles. The average molecular weight is 472 g/mol.